The van der Waals surface area contributed by atoms with Gasteiger partial charge in [0, 0.05) is 36.7 Å². The first-order valence-electron chi connectivity index (χ1n) is 18.9. The number of aliphatic hydroxyl groups excluding tert-OH is 1. The molecular formula is C43H47N5O7. The number of phenols is 1. The molecule has 12 nitrogen and oxygen atoms in total. The van der Waals surface area contributed by atoms with Crippen molar-refractivity contribution >= 4 is 22.9 Å². The normalized spacial score (nSPS) is 18.7. The van der Waals surface area contributed by atoms with Crippen LogP contribution < -0.4 is 20.9 Å². The summed E-state index contributed by atoms with van der Waals surface area (Å²) in [6, 6.07) is 30.2. The first kappa shape index (κ1) is 37.6. The number of pyridine rings is 1. The van der Waals surface area contributed by atoms with Crippen molar-refractivity contribution in [2.75, 3.05) is 39.3 Å². The van der Waals surface area contributed by atoms with Crippen molar-refractivity contribution < 1.29 is 29.6 Å². The standard InChI is InChI=1S/C43H47N5O7/c49-37-16-14-34(35-15-17-39(51)46-40(35)37)38(50)25-44-20-5-21-45-42(52)31-12-10-28(11-13-31)27-55-33-9-4-8-32(24-33)41(30-6-2-1-3-7-30)48(43(53)54)36-26-47-22-18-29(36)19-23-47/h1-4,6-17,24,29,36,38,41,44,49-50H,5,18-23,25-27H2,(H,45,52)(H,46,51)(H,53,54). The maximum atomic E-state index is 13.0. The fourth-order valence-electron chi connectivity index (χ4n) is 7.95. The van der Waals surface area contributed by atoms with Crippen molar-refractivity contribution in [2.24, 2.45) is 5.92 Å². The second-order valence-corrected chi connectivity index (χ2v) is 14.4. The fraction of sp³-hybridized carbons (Fsp3) is 0.326. The van der Waals surface area contributed by atoms with Crippen LogP contribution in [0.1, 0.15) is 64.0 Å². The van der Waals surface area contributed by atoms with E-state index in [1.165, 1.54) is 12.1 Å². The minimum atomic E-state index is -0.920. The van der Waals surface area contributed by atoms with E-state index in [9.17, 15) is 29.7 Å². The van der Waals surface area contributed by atoms with Crippen LogP contribution in [-0.4, -0.2) is 87.4 Å². The van der Waals surface area contributed by atoms with Gasteiger partial charge in [0.2, 0.25) is 5.56 Å². The van der Waals surface area contributed by atoms with Crippen LogP contribution in [0.15, 0.2) is 108 Å². The predicted molar refractivity (Wildman–Crippen MR) is 209 cm³/mol. The van der Waals surface area contributed by atoms with E-state index in [0.29, 0.717) is 47.7 Å². The highest BCUT2D eigenvalue weighted by molar-refractivity contribution is 5.94. The second-order valence-electron chi connectivity index (χ2n) is 14.4. The predicted octanol–water partition coefficient (Wildman–Crippen LogP) is 5.42. The van der Waals surface area contributed by atoms with Gasteiger partial charge in [0.25, 0.3) is 5.91 Å². The smallest absolute Gasteiger partial charge is 0.408 e. The summed E-state index contributed by atoms with van der Waals surface area (Å²) in [5, 5.41) is 38.1. The number of phenolic OH excluding ortho intramolecular Hbond substituents is 1. The van der Waals surface area contributed by atoms with Gasteiger partial charge < -0.3 is 40.6 Å². The Kier molecular flexibility index (Phi) is 11.8. The highest BCUT2D eigenvalue weighted by Gasteiger charge is 2.43. The van der Waals surface area contributed by atoms with Gasteiger partial charge in [-0.1, -0.05) is 60.7 Å². The van der Waals surface area contributed by atoms with Crippen molar-refractivity contribution in [3.05, 3.63) is 141 Å². The van der Waals surface area contributed by atoms with Gasteiger partial charge >= 0.3 is 6.09 Å². The van der Waals surface area contributed by atoms with E-state index in [4.69, 9.17) is 4.74 Å². The summed E-state index contributed by atoms with van der Waals surface area (Å²) >= 11 is 0. The molecule has 2 bridgehead atoms. The van der Waals surface area contributed by atoms with Crippen LogP contribution in [0.4, 0.5) is 4.79 Å². The number of benzene rings is 4. The second kappa shape index (κ2) is 17.2. The SMILES string of the molecule is O=C(NCCCNCC(O)c1ccc(O)c2[nH]c(=O)ccc12)c1ccc(COc2cccc(C(c3ccccc3)N(C(=O)O)C3CN4CCC3CC4)c2)cc1. The summed E-state index contributed by atoms with van der Waals surface area (Å²) in [6.45, 7) is 4.34. The van der Waals surface area contributed by atoms with Crippen LogP contribution in [0.3, 0.4) is 0 Å². The minimum Gasteiger partial charge on any atom is -0.506 e. The van der Waals surface area contributed by atoms with E-state index in [2.05, 4.69) is 20.5 Å². The molecule has 1 aromatic heterocycles. The molecule has 4 aromatic carbocycles. The van der Waals surface area contributed by atoms with Crippen molar-refractivity contribution in [1.29, 1.82) is 0 Å². The summed E-state index contributed by atoms with van der Waals surface area (Å²) in [5.74, 6) is 0.724. The molecule has 3 unspecified atom stereocenters. The van der Waals surface area contributed by atoms with E-state index >= 15 is 0 Å². The van der Waals surface area contributed by atoms with Gasteiger partial charge in [-0.3, -0.25) is 14.5 Å². The highest BCUT2D eigenvalue weighted by atomic mass is 16.5. The summed E-state index contributed by atoms with van der Waals surface area (Å²) in [6.07, 6.45) is 0.886. The zero-order valence-electron chi connectivity index (χ0n) is 30.6. The molecule has 3 fully saturated rings. The summed E-state index contributed by atoms with van der Waals surface area (Å²) in [4.78, 5) is 44.1. The number of carbonyl (C=O) groups excluding carboxylic acids is 1. The molecule has 0 saturated carbocycles. The molecule has 286 valence electrons. The number of H-pyrrole nitrogens is 1. The third-order valence-electron chi connectivity index (χ3n) is 10.8. The van der Waals surface area contributed by atoms with Crippen molar-refractivity contribution in [3.63, 3.8) is 0 Å². The quantitative estimate of drug-likeness (QED) is 0.0768. The number of carbonyl (C=O) groups is 2. The van der Waals surface area contributed by atoms with Crippen molar-refractivity contribution in [2.45, 2.75) is 44.1 Å². The number of aromatic hydroxyl groups is 1. The Morgan fingerprint density at radius 1 is 0.909 bits per heavy atom. The first-order chi connectivity index (χ1) is 26.7. The van der Waals surface area contributed by atoms with E-state index in [1.807, 2.05) is 66.7 Å². The molecule has 3 atom stereocenters. The van der Waals surface area contributed by atoms with Crippen LogP contribution in [0.5, 0.6) is 11.5 Å². The lowest BCUT2D eigenvalue weighted by molar-refractivity contribution is -0.000814. The molecule has 0 spiro atoms. The summed E-state index contributed by atoms with van der Waals surface area (Å²) in [7, 11) is 0. The molecule has 2 amide bonds. The number of ether oxygens (including phenoxy) is 1. The fourth-order valence-corrected chi connectivity index (χ4v) is 7.95. The molecule has 0 aliphatic carbocycles. The number of piperidine rings is 3. The lowest BCUT2D eigenvalue weighted by atomic mass is 9.81. The average Bonchev–Trinajstić information content (AvgIpc) is 3.21. The molecule has 0 radical (unpaired) electrons. The Hall–Kier alpha value is -5.69. The van der Waals surface area contributed by atoms with Crippen molar-refractivity contribution in [1.82, 2.24) is 25.4 Å². The van der Waals surface area contributed by atoms with Gasteiger partial charge in [-0.2, -0.15) is 0 Å². The van der Waals surface area contributed by atoms with Gasteiger partial charge in [0.15, 0.2) is 0 Å². The van der Waals surface area contributed by atoms with Gasteiger partial charge in [-0.05, 0) is 103 Å². The maximum Gasteiger partial charge on any atom is 0.408 e. The van der Waals surface area contributed by atoms with Crippen molar-refractivity contribution in [3.8, 4) is 11.5 Å². The van der Waals surface area contributed by atoms with Gasteiger partial charge in [0.05, 0.1) is 23.7 Å². The molecule has 5 aromatic rings. The molecule has 6 N–H and O–H groups in total. The third kappa shape index (κ3) is 8.83. The van der Waals surface area contributed by atoms with E-state index in [1.54, 1.807) is 29.2 Å². The monoisotopic (exact) mass is 745 g/mol. The summed E-state index contributed by atoms with van der Waals surface area (Å²) in [5.41, 5.74) is 3.72. The number of hydrogen-bond donors (Lipinski definition) is 6. The van der Waals surface area contributed by atoms with Crippen LogP contribution in [-0.2, 0) is 6.61 Å². The molecule has 12 heteroatoms. The number of nitrogens with zero attached hydrogens (tertiary/aromatic N) is 2. The molecule has 8 rings (SSSR count). The number of amides is 2. The van der Waals surface area contributed by atoms with E-state index in [-0.39, 0.29) is 41.9 Å². The molecular weight excluding hydrogens is 699 g/mol. The van der Waals surface area contributed by atoms with Gasteiger partial charge in [-0.25, -0.2) is 4.79 Å². The number of aromatic nitrogens is 1. The zero-order chi connectivity index (χ0) is 38.3. The topological polar surface area (TPSA) is 167 Å². The Labute approximate surface area is 319 Å². The number of rotatable bonds is 15. The Bertz CT molecular complexity index is 2150. The summed E-state index contributed by atoms with van der Waals surface area (Å²) < 4.78 is 6.21. The number of fused-ring (bicyclic) bond motifs is 4. The molecule has 55 heavy (non-hydrogen) atoms. The van der Waals surface area contributed by atoms with E-state index in [0.717, 1.165) is 49.2 Å². The minimum absolute atomic E-state index is 0.0595. The van der Waals surface area contributed by atoms with Crippen LogP contribution in [0.25, 0.3) is 10.9 Å². The lowest BCUT2D eigenvalue weighted by Crippen LogP contribution is -2.59. The Morgan fingerprint density at radius 3 is 2.40 bits per heavy atom. The van der Waals surface area contributed by atoms with Gasteiger partial charge in [0.1, 0.15) is 18.1 Å². The largest absolute Gasteiger partial charge is 0.506 e. The third-order valence-corrected chi connectivity index (χ3v) is 10.8. The number of aliphatic hydroxyl groups is 1. The molecule has 4 heterocycles. The average molecular weight is 746 g/mol. The lowest BCUT2D eigenvalue weighted by Gasteiger charge is -2.50. The molecule has 3 aliphatic rings. The zero-order valence-corrected chi connectivity index (χ0v) is 30.6. The van der Waals surface area contributed by atoms with Crippen LogP contribution in [0.2, 0.25) is 0 Å². The number of carboxylic acid groups (broad SMARTS) is 1. The molecule has 3 saturated heterocycles. The number of aromatic amines is 1. The number of hydrogen-bond acceptors (Lipinski definition) is 8. The Balaban J connectivity index is 0.904. The maximum absolute atomic E-state index is 13.0. The van der Waals surface area contributed by atoms with Gasteiger partial charge in [-0.15, -0.1) is 0 Å². The number of nitrogens with one attached hydrogen (secondary N) is 3. The molecule has 3 aliphatic heterocycles. The van der Waals surface area contributed by atoms with Crippen LogP contribution >= 0.6 is 0 Å². The highest BCUT2D eigenvalue weighted by Crippen LogP contribution is 2.39. The van der Waals surface area contributed by atoms with E-state index < -0.39 is 18.2 Å². The first-order valence-corrected chi connectivity index (χ1v) is 18.9. The Morgan fingerprint density at radius 2 is 1.67 bits per heavy atom. The van der Waals surface area contributed by atoms with Crippen LogP contribution in [0, 0.1) is 5.92 Å².